The maximum Gasteiger partial charge on any atom is 1.00 e. The molecular weight excluding hydrogens is 808 g/mol. The van der Waals surface area contributed by atoms with Crippen molar-refractivity contribution in [3.63, 3.8) is 0 Å². The average Bonchev–Trinajstić information content (AvgIpc) is 3.87. The van der Waals surface area contributed by atoms with E-state index >= 15 is 0 Å². The summed E-state index contributed by atoms with van der Waals surface area (Å²) in [6.45, 7) is 5.10. The van der Waals surface area contributed by atoms with Gasteiger partial charge in [0.1, 0.15) is 15.7 Å². The van der Waals surface area contributed by atoms with Crippen LogP contribution in [0.4, 0.5) is 15.4 Å². The van der Waals surface area contributed by atoms with Gasteiger partial charge in [-0.2, -0.15) is 0 Å². The molecule has 1 unspecified atom stereocenters. The molecule has 0 bridgehead atoms. The van der Waals surface area contributed by atoms with E-state index in [1.165, 1.54) is 60.2 Å². The molecule has 56 heavy (non-hydrogen) atoms. The monoisotopic (exact) mass is 844 g/mol. The van der Waals surface area contributed by atoms with Gasteiger partial charge in [-0.3, -0.25) is 39.3 Å². The van der Waals surface area contributed by atoms with Gasteiger partial charge in [-0.05, 0) is 44.0 Å². The number of para-hydroxylation sites is 3. The second kappa shape index (κ2) is 22.0. The Kier molecular flexibility index (Phi) is 18.5. The van der Waals surface area contributed by atoms with Gasteiger partial charge < -0.3 is 14.9 Å². The van der Waals surface area contributed by atoms with Crippen LogP contribution in [0.25, 0.3) is 0 Å². The predicted molar refractivity (Wildman–Crippen MR) is 218 cm³/mol. The summed E-state index contributed by atoms with van der Waals surface area (Å²) in [7, 11) is -2.35. The number of phenolic OH excluding ortho intramolecular Hbond substituents is 1. The van der Waals surface area contributed by atoms with E-state index in [9.17, 15) is 33.6 Å². The second-order valence-electron chi connectivity index (χ2n) is 11.0. The first-order valence-electron chi connectivity index (χ1n) is 15.5. The number of anilines is 3. The molecule has 0 aliphatic carbocycles. The fraction of sp³-hybridized carbons (Fsp3) is 0.135. The largest absolute Gasteiger partial charge is 1.00 e. The van der Waals surface area contributed by atoms with Gasteiger partial charge >= 0.3 is 35.5 Å². The molecule has 0 fully saturated rings. The van der Waals surface area contributed by atoms with Crippen LogP contribution in [0.1, 0.15) is 55.2 Å². The van der Waals surface area contributed by atoms with E-state index in [1.807, 2.05) is 13.8 Å². The third kappa shape index (κ3) is 14.3. The van der Waals surface area contributed by atoms with E-state index < -0.39 is 21.4 Å². The van der Waals surface area contributed by atoms with E-state index in [1.54, 1.807) is 67.0 Å². The molecule has 6 rings (SSSR count). The minimum atomic E-state index is -2.35. The molecule has 0 radical (unpaired) electrons. The van der Waals surface area contributed by atoms with E-state index in [0.29, 0.717) is 25.2 Å². The van der Waals surface area contributed by atoms with Gasteiger partial charge in [0.2, 0.25) is 0 Å². The van der Waals surface area contributed by atoms with Crippen molar-refractivity contribution in [1.29, 1.82) is 0 Å². The van der Waals surface area contributed by atoms with Crippen LogP contribution in [-0.4, -0.2) is 60.1 Å². The Balaban J connectivity index is 0.000000286. The number of ether oxygens (including phenoxy) is 1. The summed E-state index contributed by atoms with van der Waals surface area (Å²) < 4.78 is 17.2. The number of carbonyl (C=O) groups is 4. The second-order valence-corrected chi connectivity index (χ2v) is 17.2. The number of benzene rings is 3. The fourth-order valence-electron chi connectivity index (χ4n) is 4.05. The quantitative estimate of drug-likeness (QED) is 0.0748. The van der Waals surface area contributed by atoms with E-state index in [4.69, 9.17) is 4.74 Å². The molecular formula is C37H37N6NaO8S4. The molecule has 3 amide bonds. The number of phenols is 1. The van der Waals surface area contributed by atoms with Crippen LogP contribution in [0.3, 0.4) is 0 Å². The summed E-state index contributed by atoms with van der Waals surface area (Å²) >= 11 is 3.86. The fourth-order valence-corrected chi connectivity index (χ4v) is 7.13. The average molecular weight is 845 g/mol. The minimum absolute atomic E-state index is 0. The van der Waals surface area contributed by atoms with Gasteiger partial charge in [-0.1, -0.05) is 73.0 Å². The number of carbonyl (C=O) groups excluding carboxylic acids is 4. The molecule has 6 aromatic rings. The number of aromatic nitrogens is 3. The minimum Gasteiger partial charge on any atom is -0.872 e. The molecule has 0 aliphatic rings. The standard InChI is InChI=1S/C13H12N2O3S.C12H12N2O3S2.C11H10N2O2S.CH4.Na/c1-8-7-14-13(19-8)15-12(17)10-5-3-4-6-11(10)18-9(2)16;1-19(2,17)10-7-13-12(18-10)14-11(16)8-5-3-4-6-9(8)15;1-7-6-12-11(16-7)13-10(15)8-4-2-3-5-9(8)14;;/h3-7H,1-2H3,(H,14,15,17);3-7,15H,1H2,2H3,(H,13,14,16);2-6,14H,1H3,(H,12,13,15);1H4;/q;;;;+1/p-1. The summed E-state index contributed by atoms with van der Waals surface area (Å²) in [5.41, 5.74) is 0.590. The van der Waals surface area contributed by atoms with Crippen LogP contribution in [0.15, 0.2) is 95.6 Å². The Hall–Kier alpha value is -4.95. The van der Waals surface area contributed by atoms with Crippen LogP contribution in [0.2, 0.25) is 0 Å². The molecule has 0 spiro atoms. The third-order valence-electron chi connectivity index (χ3n) is 6.48. The van der Waals surface area contributed by atoms with Crippen molar-refractivity contribution in [2.45, 2.75) is 32.4 Å². The van der Waals surface area contributed by atoms with E-state index in [-0.39, 0.29) is 77.2 Å². The summed E-state index contributed by atoms with van der Waals surface area (Å²) in [5, 5.41) is 30.1. The van der Waals surface area contributed by atoms with Gasteiger partial charge in [0.15, 0.2) is 15.4 Å². The Morgan fingerprint density at radius 2 is 1.14 bits per heavy atom. The summed E-state index contributed by atoms with van der Waals surface area (Å²) in [5.74, 6) is 1.68. The number of nitrogens with zero attached hydrogens (tertiary/aromatic N) is 3. The number of aromatic hydroxyl groups is 1. The van der Waals surface area contributed by atoms with Gasteiger partial charge in [0.25, 0.3) is 17.7 Å². The Morgan fingerprint density at radius 1 is 0.714 bits per heavy atom. The zero-order valence-electron chi connectivity index (χ0n) is 30.1. The van der Waals surface area contributed by atoms with Crippen molar-refractivity contribution in [2.75, 3.05) is 22.2 Å². The smallest absolute Gasteiger partial charge is 0.872 e. The topological polar surface area (TPSA) is 213 Å². The van der Waals surface area contributed by atoms with Crippen molar-refractivity contribution in [2.24, 2.45) is 0 Å². The molecule has 4 N–H and O–H groups in total. The van der Waals surface area contributed by atoms with Crippen LogP contribution in [0.5, 0.6) is 17.2 Å². The van der Waals surface area contributed by atoms with Gasteiger partial charge in [-0.25, -0.2) is 15.0 Å². The first-order valence-corrected chi connectivity index (χ1v) is 20.1. The Labute approximate surface area is 358 Å². The van der Waals surface area contributed by atoms with E-state index in [2.05, 4.69) is 36.8 Å². The zero-order chi connectivity index (χ0) is 39.4. The van der Waals surface area contributed by atoms with Gasteiger partial charge in [0.05, 0.1) is 17.3 Å². The number of amides is 3. The summed E-state index contributed by atoms with van der Waals surface area (Å²) in [4.78, 5) is 60.7. The summed E-state index contributed by atoms with van der Waals surface area (Å²) in [6, 6.07) is 18.9. The molecule has 288 valence electrons. The van der Waals surface area contributed by atoms with Crippen molar-refractivity contribution in [3.05, 3.63) is 118 Å². The molecule has 1 atom stereocenters. The Bertz CT molecular complexity index is 2390. The molecule has 19 heteroatoms. The first kappa shape index (κ1) is 47.2. The zero-order valence-corrected chi connectivity index (χ0v) is 35.4. The van der Waals surface area contributed by atoms with Crippen LogP contribution in [0, 0.1) is 13.8 Å². The van der Waals surface area contributed by atoms with Crippen molar-refractivity contribution < 1.29 is 67.9 Å². The number of thiazole rings is 3. The van der Waals surface area contributed by atoms with Gasteiger partial charge in [0, 0.05) is 50.4 Å². The maximum atomic E-state index is 12.1. The van der Waals surface area contributed by atoms with Crippen molar-refractivity contribution >= 4 is 88.5 Å². The van der Waals surface area contributed by atoms with Crippen molar-refractivity contribution in [3.8, 4) is 17.2 Å². The molecule has 0 saturated heterocycles. The number of aryl methyl sites for hydroxylation is 2. The molecule has 3 aromatic heterocycles. The Morgan fingerprint density at radius 3 is 1.61 bits per heavy atom. The number of hydrogen-bond donors (Lipinski definition) is 4. The van der Waals surface area contributed by atoms with Crippen LogP contribution in [-0.2, 0) is 14.3 Å². The van der Waals surface area contributed by atoms with Crippen LogP contribution >= 0.6 is 34.0 Å². The number of rotatable bonds is 8. The third-order valence-corrected chi connectivity index (χ3v) is 11.1. The predicted octanol–water partition coefficient (Wildman–Crippen LogP) is 3.85. The van der Waals surface area contributed by atoms with Crippen molar-refractivity contribution in [1.82, 2.24) is 15.0 Å². The number of hydrogen-bond acceptors (Lipinski definition) is 14. The molecule has 14 nitrogen and oxygen atoms in total. The first-order chi connectivity index (χ1) is 25.6. The van der Waals surface area contributed by atoms with Crippen LogP contribution < -0.4 is 55.4 Å². The SMILES string of the molecule is C.C=S(C)(=O)c1cnc(NC(=O)c2ccccc2[O-])s1.CC(=O)Oc1ccccc1C(=O)Nc1ncc(C)s1.Cc1cnc(NC(=O)c2ccccc2O)s1.[Na+]. The maximum absolute atomic E-state index is 12.1. The molecule has 0 saturated carbocycles. The molecule has 0 aliphatic heterocycles. The van der Waals surface area contributed by atoms with E-state index in [0.717, 1.165) is 21.1 Å². The summed E-state index contributed by atoms with van der Waals surface area (Å²) in [6.07, 6.45) is 6.28. The number of esters is 1. The van der Waals surface area contributed by atoms with Gasteiger partial charge in [-0.15, -0.1) is 22.7 Å². The molecule has 3 aromatic carbocycles. The number of nitrogens with one attached hydrogen (secondary N) is 3. The normalized spacial score (nSPS) is 10.9. The molecule has 3 heterocycles.